The Bertz CT molecular complexity index is 781. The number of pyridine rings is 1. The van der Waals surface area contributed by atoms with Crippen LogP contribution >= 0.6 is 0 Å². The highest BCUT2D eigenvalue weighted by molar-refractivity contribution is 5.61. The average Bonchev–Trinajstić information content (AvgIpc) is 2.99. The van der Waals surface area contributed by atoms with Crippen molar-refractivity contribution in [2.24, 2.45) is 0 Å². The first-order chi connectivity index (χ1) is 10.2. The molecule has 0 fully saturated rings. The molecule has 21 heavy (non-hydrogen) atoms. The van der Waals surface area contributed by atoms with Gasteiger partial charge in [-0.25, -0.2) is 0 Å². The van der Waals surface area contributed by atoms with Gasteiger partial charge in [-0.15, -0.1) is 0 Å². The summed E-state index contributed by atoms with van der Waals surface area (Å²) >= 11 is 0. The first-order valence-electron chi connectivity index (χ1n) is 6.77. The van der Waals surface area contributed by atoms with E-state index in [1.807, 2.05) is 31.2 Å². The van der Waals surface area contributed by atoms with E-state index in [-0.39, 0.29) is 5.75 Å². The number of aromatic nitrogens is 3. The Labute approximate surface area is 122 Å². The van der Waals surface area contributed by atoms with Gasteiger partial charge in [0.05, 0.1) is 0 Å². The average molecular weight is 281 g/mol. The van der Waals surface area contributed by atoms with Gasteiger partial charge >= 0.3 is 0 Å². The van der Waals surface area contributed by atoms with E-state index in [9.17, 15) is 5.11 Å². The fourth-order valence-electron chi connectivity index (χ4n) is 2.10. The molecule has 106 valence electrons. The molecule has 0 saturated heterocycles. The second-order valence-electron chi connectivity index (χ2n) is 4.79. The lowest BCUT2D eigenvalue weighted by molar-refractivity contribution is 0.431. The summed E-state index contributed by atoms with van der Waals surface area (Å²) in [7, 11) is 0. The summed E-state index contributed by atoms with van der Waals surface area (Å²) in [6, 6.07) is 9.15. The predicted octanol–water partition coefficient (Wildman–Crippen LogP) is 3.38. The SMILES string of the molecule is CCc1cccnc1-c1noc(-c2ccc(C)c(O)c2)n1. The Morgan fingerprint density at radius 2 is 2.10 bits per heavy atom. The maximum absolute atomic E-state index is 9.77. The Hall–Kier alpha value is -2.69. The van der Waals surface area contributed by atoms with Crippen LogP contribution in [0.1, 0.15) is 18.1 Å². The fourth-order valence-corrected chi connectivity index (χ4v) is 2.10. The molecule has 2 aromatic heterocycles. The summed E-state index contributed by atoms with van der Waals surface area (Å²) in [6.07, 6.45) is 2.56. The molecule has 1 aromatic carbocycles. The lowest BCUT2D eigenvalue weighted by atomic mass is 10.1. The monoisotopic (exact) mass is 281 g/mol. The molecule has 2 heterocycles. The number of hydrogen-bond acceptors (Lipinski definition) is 5. The molecule has 0 aliphatic rings. The van der Waals surface area contributed by atoms with E-state index in [1.54, 1.807) is 12.3 Å². The molecule has 0 saturated carbocycles. The van der Waals surface area contributed by atoms with Gasteiger partial charge in [-0.05, 0) is 42.7 Å². The molecule has 0 unspecified atom stereocenters. The van der Waals surface area contributed by atoms with Crippen LogP contribution in [0.15, 0.2) is 41.1 Å². The van der Waals surface area contributed by atoms with Crippen LogP contribution < -0.4 is 0 Å². The number of phenols is 1. The summed E-state index contributed by atoms with van der Waals surface area (Å²) < 4.78 is 5.29. The third-order valence-corrected chi connectivity index (χ3v) is 3.37. The quantitative estimate of drug-likeness (QED) is 0.796. The molecule has 3 aromatic rings. The van der Waals surface area contributed by atoms with Crippen molar-refractivity contribution in [3.05, 3.63) is 47.7 Å². The van der Waals surface area contributed by atoms with Crippen LogP contribution in [0.5, 0.6) is 5.75 Å². The molecular weight excluding hydrogens is 266 g/mol. The highest BCUT2D eigenvalue weighted by Gasteiger charge is 2.14. The maximum atomic E-state index is 9.77. The number of nitrogens with zero attached hydrogens (tertiary/aromatic N) is 3. The van der Waals surface area contributed by atoms with E-state index in [1.165, 1.54) is 0 Å². The highest BCUT2D eigenvalue weighted by atomic mass is 16.5. The minimum absolute atomic E-state index is 0.208. The summed E-state index contributed by atoms with van der Waals surface area (Å²) in [5.41, 5.74) is 3.28. The van der Waals surface area contributed by atoms with Crippen LogP contribution in [-0.2, 0) is 6.42 Å². The second kappa shape index (κ2) is 5.36. The van der Waals surface area contributed by atoms with Gasteiger partial charge in [-0.3, -0.25) is 4.98 Å². The van der Waals surface area contributed by atoms with Crippen LogP contribution in [0.3, 0.4) is 0 Å². The van der Waals surface area contributed by atoms with Gasteiger partial charge in [0.25, 0.3) is 5.89 Å². The first-order valence-corrected chi connectivity index (χ1v) is 6.77. The van der Waals surface area contributed by atoms with E-state index in [4.69, 9.17) is 4.52 Å². The Morgan fingerprint density at radius 1 is 1.24 bits per heavy atom. The van der Waals surface area contributed by atoms with Crippen LogP contribution in [0.25, 0.3) is 23.0 Å². The molecule has 0 spiro atoms. The van der Waals surface area contributed by atoms with Crippen molar-refractivity contribution < 1.29 is 9.63 Å². The Morgan fingerprint density at radius 3 is 2.86 bits per heavy atom. The summed E-state index contributed by atoms with van der Waals surface area (Å²) in [6.45, 7) is 3.89. The van der Waals surface area contributed by atoms with Gasteiger partial charge in [0.1, 0.15) is 11.4 Å². The second-order valence-corrected chi connectivity index (χ2v) is 4.79. The van der Waals surface area contributed by atoms with Crippen molar-refractivity contribution in [3.63, 3.8) is 0 Å². The van der Waals surface area contributed by atoms with Crippen molar-refractivity contribution in [2.75, 3.05) is 0 Å². The van der Waals surface area contributed by atoms with E-state index in [0.29, 0.717) is 17.3 Å². The van der Waals surface area contributed by atoms with Crippen molar-refractivity contribution in [1.29, 1.82) is 0 Å². The van der Waals surface area contributed by atoms with Gasteiger partial charge in [-0.1, -0.05) is 24.2 Å². The zero-order valence-electron chi connectivity index (χ0n) is 11.9. The minimum atomic E-state index is 0.208. The van der Waals surface area contributed by atoms with Crippen molar-refractivity contribution in [1.82, 2.24) is 15.1 Å². The third kappa shape index (κ3) is 2.50. The van der Waals surface area contributed by atoms with Crippen molar-refractivity contribution >= 4 is 0 Å². The van der Waals surface area contributed by atoms with E-state index >= 15 is 0 Å². The highest BCUT2D eigenvalue weighted by Crippen LogP contribution is 2.27. The molecule has 0 bridgehead atoms. The maximum Gasteiger partial charge on any atom is 0.258 e. The van der Waals surface area contributed by atoms with Crippen molar-refractivity contribution in [2.45, 2.75) is 20.3 Å². The van der Waals surface area contributed by atoms with Gasteiger partial charge < -0.3 is 9.63 Å². The topological polar surface area (TPSA) is 72.0 Å². The molecule has 1 N–H and O–H groups in total. The minimum Gasteiger partial charge on any atom is -0.508 e. The molecule has 0 aliphatic heterocycles. The molecule has 0 aliphatic carbocycles. The first kappa shape index (κ1) is 13.3. The fraction of sp³-hybridized carbons (Fsp3) is 0.188. The number of benzene rings is 1. The summed E-state index contributed by atoms with van der Waals surface area (Å²) in [5.74, 6) is 1.04. The van der Waals surface area contributed by atoms with Gasteiger partial charge in [-0.2, -0.15) is 4.98 Å². The summed E-state index contributed by atoms with van der Waals surface area (Å²) in [4.78, 5) is 8.70. The number of aryl methyl sites for hydroxylation is 2. The molecule has 3 rings (SSSR count). The van der Waals surface area contributed by atoms with E-state index in [2.05, 4.69) is 22.0 Å². The standard InChI is InChI=1S/C16H15N3O2/c1-3-11-5-4-8-17-14(11)15-18-16(21-19-15)12-7-6-10(2)13(20)9-12/h4-9,20H,3H2,1-2H3. The number of rotatable bonds is 3. The normalized spacial score (nSPS) is 10.8. The lowest BCUT2D eigenvalue weighted by Gasteiger charge is -2.01. The van der Waals surface area contributed by atoms with Gasteiger partial charge in [0.15, 0.2) is 0 Å². The number of hydrogen-bond donors (Lipinski definition) is 1. The zero-order valence-corrected chi connectivity index (χ0v) is 11.9. The van der Waals surface area contributed by atoms with Crippen molar-refractivity contribution in [3.8, 4) is 28.7 Å². The van der Waals surface area contributed by atoms with E-state index in [0.717, 1.165) is 23.2 Å². The molecule has 5 heteroatoms. The van der Waals surface area contributed by atoms with Crippen LogP contribution in [0.4, 0.5) is 0 Å². The molecule has 0 atom stereocenters. The molecule has 5 nitrogen and oxygen atoms in total. The van der Waals surface area contributed by atoms with Crippen LogP contribution in [0, 0.1) is 6.92 Å². The third-order valence-electron chi connectivity index (χ3n) is 3.37. The Kier molecular flexibility index (Phi) is 3.39. The number of phenolic OH excluding ortho intramolecular Hbond substituents is 1. The molecular formula is C16H15N3O2. The largest absolute Gasteiger partial charge is 0.508 e. The molecule has 0 amide bonds. The summed E-state index contributed by atoms with van der Waals surface area (Å²) in [5, 5.41) is 13.8. The number of aromatic hydroxyl groups is 1. The van der Waals surface area contributed by atoms with E-state index < -0.39 is 0 Å². The smallest absolute Gasteiger partial charge is 0.258 e. The van der Waals surface area contributed by atoms with Crippen LogP contribution in [-0.4, -0.2) is 20.2 Å². The lowest BCUT2D eigenvalue weighted by Crippen LogP contribution is -1.92. The van der Waals surface area contributed by atoms with Crippen LogP contribution in [0.2, 0.25) is 0 Å². The van der Waals surface area contributed by atoms with Gasteiger partial charge in [0.2, 0.25) is 5.82 Å². The Balaban J connectivity index is 2.01. The van der Waals surface area contributed by atoms with Gasteiger partial charge in [0, 0.05) is 11.8 Å². The predicted molar refractivity (Wildman–Crippen MR) is 78.7 cm³/mol. The zero-order chi connectivity index (χ0) is 14.8. The molecule has 0 radical (unpaired) electrons.